The lowest BCUT2D eigenvalue weighted by Crippen LogP contribution is -2.54. The first kappa shape index (κ1) is 17.5. The third-order valence-electron chi connectivity index (χ3n) is 4.94. The highest BCUT2D eigenvalue weighted by Crippen LogP contribution is 2.34. The molecule has 1 fully saturated rings. The van der Waals surface area contributed by atoms with Gasteiger partial charge in [-0.05, 0) is 44.0 Å². The highest BCUT2D eigenvalue weighted by molar-refractivity contribution is 5.90. The highest BCUT2D eigenvalue weighted by atomic mass is 16.6. The minimum Gasteiger partial charge on any atom is -0.482 e. The second kappa shape index (κ2) is 7.34. The van der Waals surface area contributed by atoms with Gasteiger partial charge in [0.05, 0.1) is 12.8 Å². The Labute approximate surface area is 157 Å². The van der Waals surface area contributed by atoms with E-state index in [4.69, 9.17) is 13.9 Å². The summed E-state index contributed by atoms with van der Waals surface area (Å²) in [5.41, 5.74) is 0. The molecule has 2 aromatic rings. The lowest BCUT2D eigenvalue weighted by molar-refractivity contribution is -0.148. The second-order valence-corrected chi connectivity index (χ2v) is 6.79. The van der Waals surface area contributed by atoms with E-state index in [-0.39, 0.29) is 11.8 Å². The number of carbonyl (C=O) groups is 2. The fourth-order valence-electron chi connectivity index (χ4n) is 3.56. The van der Waals surface area contributed by atoms with Crippen molar-refractivity contribution in [1.82, 2.24) is 10.2 Å². The molecule has 3 heterocycles. The van der Waals surface area contributed by atoms with Crippen LogP contribution in [0.2, 0.25) is 0 Å². The number of likely N-dealkylation sites (tertiary alicyclic amines) is 1. The molecule has 27 heavy (non-hydrogen) atoms. The van der Waals surface area contributed by atoms with Crippen LogP contribution in [0.3, 0.4) is 0 Å². The number of hydrogen-bond donors (Lipinski definition) is 1. The Morgan fingerprint density at radius 3 is 2.67 bits per heavy atom. The Morgan fingerprint density at radius 2 is 1.93 bits per heavy atom. The Kier molecular flexibility index (Phi) is 4.75. The molecule has 1 aromatic heterocycles. The van der Waals surface area contributed by atoms with Gasteiger partial charge in [0.15, 0.2) is 11.5 Å². The Balaban J connectivity index is 1.43. The number of fused-ring (bicyclic) bond motifs is 1. The first-order chi connectivity index (χ1) is 13.1. The smallest absolute Gasteiger partial charge is 0.268 e. The Morgan fingerprint density at radius 1 is 1.15 bits per heavy atom. The number of rotatable bonds is 4. The van der Waals surface area contributed by atoms with E-state index in [0.717, 1.165) is 6.42 Å². The van der Waals surface area contributed by atoms with Crippen molar-refractivity contribution >= 4 is 11.8 Å². The van der Waals surface area contributed by atoms with Crippen LogP contribution in [0.5, 0.6) is 11.5 Å². The van der Waals surface area contributed by atoms with Crippen LogP contribution in [0.4, 0.5) is 0 Å². The molecule has 0 bridgehead atoms. The third kappa shape index (κ3) is 3.49. The number of hydrogen-bond acceptors (Lipinski definition) is 5. The lowest BCUT2D eigenvalue weighted by atomic mass is 10.1. The molecule has 2 amide bonds. The van der Waals surface area contributed by atoms with Crippen LogP contribution in [0.25, 0.3) is 0 Å². The normalized spacial score (nSPS) is 23.9. The minimum absolute atomic E-state index is 0.179. The van der Waals surface area contributed by atoms with Crippen molar-refractivity contribution in [2.75, 3.05) is 6.54 Å². The molecule has 1 N–H and O–H groups in total. The van der Waals surface area contributed by atoms with Gasteiger partial charge in [0.1, 0.15) is 17.9 Å². The average Bonchev–Trinajstić information content (AvgIpc) is 3.36. The van der Waals surface area contributed by atoms with E-state index in [2.05, 4.69) is 5.32 Å². The molecule has 4 rings (SSSR count). The van der Waals surface area contributed by atoms with Crippen molar-refractivity contribution in [3.8, 4) is 11.5 Å². The van der Waals surface area contributed by atoms with Gasteiger partial charge in [0, 0.05) is 6.54 Å². The fraction of sp³-hybridized carbons (Fsp3) is 0.400. The van der Waals surface area contributed by atoms with E-state index in [1.807, 2.05) is 18.2 Å². The first-order valence-electron chi connectivity index (χ1n) is 9.16. The lowest BCUT2D eigenvalue weighted by Gasteiger charge is -2.34. The molecular weight excluding hydrogens is 348 g/mol. The second-order valence-electron chi connectivity index (χ2n) is 6.79. The maximum Gasteiger partial charge on any atom is 0.268 e. The van der Waals surface area contributed by atoms with Gasteiger partial charge in [-0.3, -0.25) is 9.59 Å². The van der Waals surface area contributed by atoms with Crippen molar-refractivity contribution in [1.29, 1.82) is 0 Å². The number of ether oxygens (including phenoxy) is 2. The first-order valence-corrected chi connectivity index (χ1v) is 9.16. The molecule has 0 unspecified atom stereocenters. The van der Waals surface area contributed by atoms with Crippen molar-refractivity contribution in [2.24, 2.45) is 0 Å². The minimum atomic E-state index is -0.765. The zero-order valence-corrected chi connectivity index (χ0v) is 15.1. The number of carbonyl (C=O) groups excluding carboxylic acids is 2. The topological polar surface area (TPSA) is 81.0 Å². The molecule has 0 aliphatic carbocycles. The maximum atomic E-state index is 13.1. The number of benzene rings is 1. The van der Waals surface area contributed by atoms with Crippen molar-refractivity contribution < 1.29 is 23.5 Å². The van der Waals surface area contributed by atoms with Gasteiger partial charge < -0.3 is 24.1 Å². The summed E-state index contributed by atoms with van der Waals surface area (Å²) in [6, 6.07) is 10.3. The number of para-hydroxylation sites is 2. The van der Waals surface area contributed by atoms with E-state index in [1.54, 1.807) is 36.3 Å². The molecule has 0 spiro atoms. The monoisotopic (exact) mass is 370 g/mol. The molecule has 2 aliphatic rings. The molecule has 7 heteroatoms. The quantitative estimate of drug-likeness (QED) is 0.892. The van der Waals surface area contributed by atoms with Crippen LogP contribution in [-0.2, 0) is 16.1 Å². The summed E-state index contributed by atoms with van der Waals surface area (Å²) < 4.78 is 17.0. The standard InChI is InChI=1S/C20H22N2O5/c1-13-18(27-17-9-3-2-8-16(17)26-13)20(24)22-10-4-7-15(22)19(23)21-12-14-6-5-11-25-14/h2-3,5-6,8-9,11,13,15,18H,4,7,10,12H2,1H3,(H,21,23)/t13-,15+,18+/m0/s1. The van der Waals surface area contributed by atoms with Gasteiger partial charge in [-0.1, -0.05) is 12.1 Å². The van der Waals surface area contributed by atoms with Gasteiger partial charge in [-0.25, -0.2) is 0 Å². The summed E-state index contributed by atoms with van der Waals surface area (Å²) >= 11 is 0. The van der Waals surface area contributed by atoms with Crippen molar-refractivity contribution in [3.63, 3.8) is 0 Å². The molecule has 1 saturated heterocycles. The summed E-state index contributed by atoms with van der Waals surface area (Å²) in [5, 5.41) is 2.84. The average molecular weight is 370 g/mol. The van der Waals surface area contributed by atoms with Gasteiger partial charge >= 0.3 is 0 Å². The molecule has 2 aliphatic heterocycles. The van der Waals surface area contributed by atoms with Crippen LogP contribution in [0, 0.1) is 0 Å². The molecule has 142 valence electrons. The predicted molar refractivity (Wildman–Crippen MR) is 96.2 cm³/mol. The molecule has 7 nitrogen and oxygen atoms in total. The Bertz CT molecular complexity index is 820. The molecular formula is C20H22N2O5. The van der Waals surface area contributed by atoms with Gasteiger partial charge in [-0.15, -0.1) is 0 Å². The highest BCUT2D eigenvalue weighted by Gasteiger charge is 2.42. The number of nitrogens with one attached hydrogen (secondary N) is 1. The third-order valence-corrected chi connectivity index (χ3v) is 4.94. The molecule has 3 atom stereocenters. The summed E-state index contributed by atoms with van der Waals surface area (Å²) in [7, 11) is 0. The summed E-state index contributed by atoms with van der Waals surface area (Å²) in [6.07, 6.45) is 1.78. The van der Waals surface area contributed by atoms with Crippen LogP contribution in [-0.4, -0.2) is 41.5 Å². The molecule has 1 aromatic carbocycles. The number of furan rings is 1. The van der Waals surface area contributed by atoms with Crippen LogP contribution in [0.1, 0.15) is 25.5 Å². The molecule has 0 saturated carbocycles. The summed E-state index contributed by atoms with van der Waals surface area (Å²) in [6.45, 7) is 2.64. The van der Waals surface area contributed by atoms with Gasteiger partial charge in [0.2, 0.25) is 12.0 Å². The Hall–Kier alpha value is -2.96. The van der Waals surface area contributed by atoms with Crippen molar-refractivity contribution in [2.45, 2.75) is 44.6 Å². The zero-order valence-electron chi connectivity index (χ0n) is 15.1. The summed E-state index contributed by atoms with van der Waals surface area (Å²) in [4.78, 5) is 27.3. The largest absolute Gasteiger partial charge is 0.482 e. The maximum absolute atomic E-state index is 13.1. The van der Waals surface area contributed by atoms with E-state index in [1.165, 1.54) is 0 Å². The van der Waals surface area contributed by atoms with Crippen LogP contribution >= 0.6 is 0 Å². The summed E-state index contributed by atoms with van der Waals surface area (Å²) in [5.74, 6) is 1.46. The molecule has 0 radical (unpaired) electrons. The SMILES string of the molecule is C[C@@H]1Oc2ccccc2O[C@H]1C(=O)N1CCC[C@@H]1C(=O)NCc1ccco1. The van der Waals surface area contributed by atoms with Crippen LogP contribution in [0.15, 0.2) is 47.1 Å². The van der Waals surface area contributed by atoms with E-state index in [9.17, 15) is 9.59 Å². The number of amides is 2. The van der Waals surface area contributed by atoms with Crippen LogP contribution < -0.4 is 14.8 Å². The van der Waals surface area contributed by atoms with Crippen molar-refractivity contribution in [3.05, 3.63) is 48.4 Å². The van der Waals surface area contributed by atoms with Gasteiger partial charge in [0.25, 0.3) is 5.91 Å². The number of nitrogens with zero attached hydrogens (tertiary/aromatic N) is 1. The predicted octanol–water partition coefficient (Wildman–Crippen LogP) is 2.12. The van der Waals surface area contributed by atoms with E-state index < -0.39 is 18.2 Å². The fourth-order valence-corrected chi connectivity index (χ4v) is 3.56. The zero-order chi connectivity index (χ0) is 18.8. The van der Waals surface area contributed by atoms with Gasteiger partial charge in [-0.2, -0.15) is 0 Å². The van der Waals surface area contributed by atoms with E-state index in [0.29, 0.717) is 36.8 Å². The van der Waals surface area contributed by atoms with E-state index >= 15 is 0 Å².